The molecule has 1 saturated carbocycles. The van der Waals surface area contributed by atoms with Crippen molar-refractivity contribution in [2.45, 2.75) is 51.1 Å². The summed E-state index contributed by atoms with van der Waals surface area (Å²) < 4.78 is 0.994. The molecule has 122 valence electrons. The molecule has 1 fully saturated rings. The molecule has 3 rings (SSSR count). The Balaban J connectivity index is 1.66. The first-order chi connectivity index (χ1) is 11.1. The van der Waals surface area contributed by atoms with Crippen molar-refractivity contribution in [3.8, 4) is 11.4 Å². The van der Waals surface area contributed by atoms with E-state index < -0.39 is 6.04 Å². The van der Waals surface area contributed by atoms with E-state index in [1.54, 1.807) is 6.92 Å². The number of amides is 1. The van der Waals surface area contributed by atoms with Crippen LogP contribution in [-0.4, -0.2) is 32.2 Å². The quantitative estimate of drug-likeness (QED) is 0.888. The van der Waals surface area contributed by atoms with Crippen molar-refractivity contribution in [2.24, 2.45) is 0 Å². The summed E-state index contributed by atoms with van der Waals surface area (Å²) in [5.74, 6) is 0.478. The molecule has 1 unspecified atom stereocenters. The molecule has 7 heteroatoms. The second-order valence-corrected chi connectivity index (χ2v) is 6.88. The summed E-state index contributed by atoms with van der Waals surface area (Å²) >= 11 is 3.40. The molecular weight excluding hydrogens is 358 g/mol. The second kappa shape index (κ2) is 7.21. The van der Waals surface area contributed by atoms with E-state index in [9.17, 15) is 4.79 Å². The highest BCUT2D eigenvalue weighted by Crippen LogP contribution is 2.19. The topological polar surface area (TPSA) is 72.7 Å². The number of benzene rings is 1. The number of halogens is 1. The molecule has 1 aromatic carbocycles. The lowest BCUT2D eigenvalue weighted by Crippen LogP contribution is -2.40. The number of tetrazole rings is 1. The molecule has 1 aromatic heterocycles. The molecular formula is C16H20BrN5O. The second-order valence-electron chi connectivity index (χ2n) is 5.96. The third-order valence-corrected chi connectivity index (χ3v) is 4.74. The van der Waals surface area contributed by atoms with Gasteiger partial charge in [-0.05, 0) is 49.2 Å². The highest BCUT2D eigenvalue weighted by molar-refractivity contribution is 9.10. The zero-order valence-electron chi connectivity index (χ0n) is 13.1. The van der Waals surface area contributed by atoms with Gasteiger partial charge in [-0.2, -0.15) is 4.80 Å². The summed E-state index contributed by atoms with van der Waals surface area (Å²) in [5.41, 5.74) is 0.874. The van der Waals surface area contributed by atoms with Gasteiger partial charge in [-0.25, -0.2) is 0 Å². The Hall–Kier alpha value is -1.76. The van der Waals surface area contributed by atoms with Crippen LogP contribution in [0.4, 0.5) is 0 Å². The molecule has 23 heavy (non-hydrogen) atoms. The lowest BCUT2D eigenvalue weighted by Gasteiger charge is -2.24. The van der Waals surface area contributed by atoms with Gasteiger partial charge in [0.2, 0.25) is 11.7 Å². The van der Waals surface area contributed by atoms with Crippen LogP contribution in [0.2, 0.25) is 0 Å². The van der Waals surface area contributed by atoms with Gasteiger partial charge in [-0.15, -0.1) is 10.2 Å². The van der Waals surface area contributed by atoms with Crippen LogP contribution >= 0.6 is 15.9 Å². The normalized spacial score (nSPS) is 17.0. The van der Waals surface area contributed by atoms with Gasteiger partial charge < -0.3 is 5.32 Å². The van der Waals surface area contributed by atoms with Crippen molar-refractivity contribution < 1.29 is 4.79 Å². The van der Waals surface area contributed by atoms with Gasteiger partial charge in [0.25, 0.3) is 0 Å². The Labute approximate surface area is 143 Å². The van der Waals surface area contributed by atoms with E-state index in [0.717, 1.165) is 22.9 Å². The Morgan fingerprint density at radius 2 is 1.96 bits per heavy atom. The minimum atomic E-state index is -0.464. The van der Waals surface area contributed by atoms with Crippen LogP contribution in [-0.2, 0) is 4.79 Å². The van der Waals surface area contributed by atoms with E-state index >= 15 is 0 Å². The van der Waals surface area contributed by atoms with Gasteiger partial charge in [-0.3, -0.25) is 4.79 Å². The molecule has 1 aliphatic rings. The first-order valence-corrected chi connectivity index (χ1v) is 8.78. The van der Waals surface area contributed by atoms with Crippen LogP contribution in [0.15, 0.2) is 28.7 Å². The average Bonchev–Trinajstić information content (AvgIpc) is 3.05. The molecule has 0 bridgehead atoms. The van der Waals surface area contributed by atoms with Crippen molar-refractivity contribution >= 4 is 21.8 Å². The van der Waals surface area contributed by atoms with Crippen LogP contribution in [0.25, 0.3) is 11.4 Å². The van der Waals surface area contributed by atoms with Crippen molar-refractivity contribution in [3.63, 3.8) is 0 Å². The van der Waals surface area contributed by atoms with E-state index in [4.69, 9.17) is 0 Å². The molecule has 0 radical (unpaired) electrons. The summed E-state index contributed by atoms with van der Waals surface area (Å²) in [7, 11) is 0. The van der Waals surface area contributed by atoms with E-state index in [2.05, 4.69) is 36.7 Å². The maximum atomic E-state index is 12.4. The van der Waals surface area contributed by atoms with E-state index in [1.807, 2.05) is 24.3 Å². The van der Waals surface area contributed by atoms with Crippen molar-refractivity contribution in [3.05, 3.63) is 28.7 Å². The lowest BCUT2D eigenvalue weighted by molar-refractivity contribution is -0.125. The largest absolute Gasteiger partial charge is 0.351 e. The highest BCUT2D eigenvalue weighted by atomic mass is 79.9. The molecule has 1 aliphatic carbocycles. The van der Waals surface area contributed by atoms with Crippen molar-refractivity contribution in [2.75, 3.05) is 0 Å². The molecule has 1 amide bonds. The number of nitrogens with one attached hydrogen (secondary N) is 1. The van der Waals surface area contributed by atoms with Gasteiger partial charge in [0.1, 0.15) is 6.04 Å². The van der Waals surface area contributed by atoms with E-state index in [1.165, 1.54) is 24.1 Å². The minimum absolute atomic E-state index is 0.0448. The summed E-state index contributed by atoms with van der Waals surface area (Å²) in [4.78, 5) is 13.7. The van der Waals surface area contributed by atoms with Gasteiger partial charge in [0.15, 0.2) is 0 Å². The van der Waals surface area contributed by atoms with Crippen molar-refractivity contribution in [1.29, 1.82) is 0 Å². The maximum absolute atomic E-state index is 12.4. The van der Waals surface area contributed by atoms with E-state index in [0.29, 0.717) is 5.82 Å². The monoisotopic (exact) mass is 377 g/mol. The third kappa shape index (κ3) is 3.96. The first-order valence-electron chi connectivity index (χ1n) is 7.99. The predicted octanol–water partition coefficient (Wildman–Crippen LogP) is 3.11. The van der Waals surface area contributed by atoms with Crippen LogP contribution in [0, 0.1) is 0 Å². The zero-order chi connectivity index (χ0) is 16.2. The van der Waals surface area contributed by atoms with Crippen LogP contribution in [0.5, 0.6) is 0 Å². The van der Waals surface area contributed by atoms with E-state index in [-0.39, 0.29) is 11.9 Å². The van der Waals surface area contributed by atoms with Gasteiger partial charge >= 0.3 is 0 Å². The lowest BCUT2D eigenvalue weighted by atomic mass is 9.95. The Kier molecular flexibility index (Phi) is 5.05. The SMILES string of the molecule is CC(C(=O)NC1CCCCC1)n1nnc(-c2ccc(Br)cc2)n1. The summed E-state index contributed by atoms with van der Waals surface area (Å²) in [6.45, 7) is 1.80. The number of carbonyl (C=O) groups excluding carboxylic acids is 1. The van der Waals surface area contributed by atoms with Crippen LogP contribution in [0.1, 0.15) is 45.1 Å². The predicted molar refractivity (Wildman–Crippen MR) is 90.7 cm³/mol. The number of hydrogen-bond acceptors (Lipinski definition) is 4. The third-order valence-electron chi connectivity index (χ3n) is 4.21. The van der Waals surface area contributed by atoms with Gasteiger partial charge in [0, 0.05) is 16.1 Å². The Morgan fingerprint density at radius 1 is 1.26 bits per heavy atom. The Morgan fingerprint density at radius 3 is 2.65 bits per heavy atom. The number of aromatic nitrogens is 4. The summed E-state index contributed by atoms with van der Waals surface area (Å²) in [5, 5.41) is 15.5. The van der Waals surface area contributed by atoms with Gasteiger partial charge in [0.05, 0.1) is 0 Å². The fraction of sp³-hybridized carbons (Fsp3) is 0.500. The minimum Gasteiger partial charge on any atom is -0.351 e. The molecule has 1 N–H and O–H groups in total. The standard InChI is InChI=1S/C16H20BrN5O/c1-11(16(23)18-14-5-3-2-4-6-14)22-20-15(19-21-22)12-7-9-13(17)10-8-12/h7-11,14H,2-6H2,1H3,(H,18,23). The first kappa shape index (κ1) is 16.1. The molecule has 0 spiro atoms. The van der Waals surface area contributed by atoms with Crippen LogP contribution < -0.4 is 5.32 Å². The molecule has 1 heterocycles. The number of rotatable bonds is 4. The summed E-state index contributed by atoms with van der Waals surface area (Å²) in [6.07, 6.45) is 5.77. The van der Waals surface area contributed by atoms with Crippen LogP contribution in [0.3, 0.4) is 0 Å². The number of hydrogen-bond donors (Lipinski definition) is 1. The molecule has 2 aromatic rings. The molecule has 1 atom stereocenters. The summed E-state index contributed by atoms with van der Waals surface area (Å²) in [6, 6.07) is 7.50. The Bertz CT molecular complexity index is 663. The molecule has 0 aliphatic heterocycles. The van der Waals surface area contributed by atoms with Crippen molar-refractivity contribution in [1.82, 2.24) is 25.5 Å². The number of carbonyl (C=O) groups is 1. The fourth-order valence-corrected chi connectivity index (χ4v) is 3.04. The van der Waals surface area contributed by atoms with Gasteiger partial charge in [-0.1, -0.05) is 35.2 Å². The smallest absolute Gasteiger partial charge is 0.246 e. The zero-order valence-corrected chi connectivity index (χ0v) is 14.7. The average molecular weight is 378 g/mol. The molecule has 0 saturated heterocycles. The highest BCUT2D eigenvalue weighted by Gasteiger charge is 2.22. The maximum Gasteiger partial charge on any atom is 0.246 e. The fourth-order valence-electron chi connectivity index (χ4n) is 2.78. The molecule has 6 nitrogen and oxygen atoms in total. The number of nitrogens with zero attached hydrogens (tertiary/aromatic N) is 4.